The molecule has 4 rings (SSSR count). The Bertz CT molecular complexity index is 1240. The zero-order valence-electron chi connectivity index (χ0n) is 17.4. The number of carbonyl (C=O) groups is 1. The normalized spacial score (nSPS) is 10.9. The number of aryl methyl sites for hydroxylation is 1. The number of rotatable bonds is 8. The van der Waals surface area contributed by atoms with Gasteiger partial charge in [0.2, 0.25) is 5.91 Å². The second kappa shape index (κ2) is 9.30. The Hall–Kier alpha value is -3.87. The number of hydrogen-bond acceptors (Lipinski definition) is 4. The van der Waals surface area contributed by atoms with Gasteiger partial charge in [-0.25, -0.2) is 4.98 Å². The number of hydrogen-bond donors (Lipinski definition) is 3. The molecular formula is C24H25N5O2. The fourth-order valence-electron chi connectivity index (χ4n) is 3.47. The van der Waals surface area contributed by atoms with Crippen LogP contribution in [0.4, 0.5) is 5.82 Å². The number of carbonyl (C=O) groups excluding carboxylic acids is 1. The lowest BCUT2D eigenvalue weighted by Gasteiger charge is -2.13. The molecule has 0 saturated heterocycles. The third-order valence-electron chi connectivity index (χ3n) is 5.21. The van der Waals surface area contributed by atoms with Crippen LogP contribution in [0.5, 0.6) is 0 Å². The van der Waals surface area contributed by atoms with Crippen molar-refractivity contribution in [2.24, 2.45) is 0 Å². The number of anilines is 1. The largest absolute Gasteiger partial charge is 0.365 e. The van der Waals surface area contributed by atoms with E-state index in [0.29, 0.717) is 18.8 Å². The highest BCUT2D eigenvalue weighted by Gasteiger charge is 2.11. The summed E-state index contributed by atoms with van der Waals surface area (Å²) in [5, 5.41) is 7.09. The maximum Gasteiger partial charge on any atom is 0.293 e. The molecule has 2 aromatic carbocycles. The van der Waals surface area contributed by atoms with E-state index in [1.165, 1.54) is 10.1 Å². The Balaban J connectivity index is 1.37. The second-order valence-electron chi connectivity index (χ2n) is 7.48. The van der Waals surface area contributed by atoms with Gasteiger partial charge in [-0.3, -0.25) is 14.2 Å². The number of amides is 1. The summed E-state index contributed by atoms with van der Waals surface area (Å²) in [5.41, 5.74) is 3.59. The first-order valence-corrected chi connectivity index (χ1v) is 10.3. The van der Waals surface area contributed by atoms with Crippen LogP contribution < -0.4 is 16.2 Å². The zero-order chi connectivity index (χ0) is 21.6. The van der Waals surface area contributed by atoms with Gasteiger partial charge in [0.05, 0.1) is 0 Å². The summed E-state index contributed by atoms with van der Waals surface area (Å²) in [6, 6.07) is 18.0. The molecule has 0 saturated carbocycles. The fourth-order valence-corrected chi connectivity index (χ4v) is 3.47. The van der Waals surface area contributed by atoms with Crippen LogP contribution in [0.15, 0.2) is 71.8 Å². The molecular weight excluding hydrogens is 390 g/mol. The summed E-state index contributed by atoms with van der Waals surface area (Å²) in [5.74, 6) is 0.0352. The SMILES string of the molecule is Cc1cnc(NCCc2ccccc2)c(=O)n1CC(=O)NCc1ccc2[nH]ccc2c1. The summed E-state index contributed by atoms with van der Waals surface area (Å²) in [6.45, 7) is 2.71. The molecule has 158 valence electrons. The molecule has 4 aromatic rings. The first-order chi connectivity index (χ1) is 15.1. The van der Waals surface area contributed by atoms with Crippen molar-refractivity contribution in [2.45, 2.75) is 26.4 Å². The van der Waals surface area contributed by atoms with Crippen molar-refractivity contribution in [3.8, 4) is 0 Å². The Morgan fingerprint density at radius 1 is 1.10 bits per heavy atom. The van der Waals surface area contributed by atoms with Crippen molar-refractivity contribution in [3.63, 3.8) is 0 Å². The highest BCUT2D eigenvalue weighted by molar-refractivity contribution is 5.80. The van der Waals surface area contributed by atoms with Crippen molar-refractivity contribution < 1.29 is 4.79 Å². The number of nitrogens with zero attached hydrogens (tertiary/aromatic N) is 2. The lowest BCUT2D eigenvalue weighted by Crippen LogP contribution is -2.34. The van der Waals surface area contributed by atoms with E-state index in [4.69, 9.17) is 0 Å². The van der Waals surface area contributed by atoms with E-state index in [2.05, 4.69) is 20.6 Å². The van der Waals surface area contributed by atoms with Crippen molar-refractivity contribution in [1.82, 2.24) is 19.9 Å². The van der Waals surface area contributed by atoms with Crippen LogP contribution in [0.3, 0.4) is 0 Å². The molecule has 0 aliphatic heterocycles. The van der Waals surface area contributed by atoms with Crippen LogP contribution in [-0.4, -0.2) is 27.0 Å². The Labute approximate surface area is 180 Å². The monoisotopic (exact) mass is 415 g/mol. The smallest absolute Gasteiger partial charge is 0.293 e. The highest BCUT2D eigenvalue weighted by atomic mass is 16.2. The Kier molecular flexibility index (Phi) is 6.12. The molecule has 7 nitrogen and oxygen atoms in total. The van der Waals surface area contributed by atoms with Crippen molar-refractivity contribution >= 4 is 22.6 Å². The number of nitrogens with one attached hydrogen (secondary N) is 3. The molecule has 7 heteroatoms. The first-order valence-electron chi connectivity index (χ1n) is 10.3. The van der Waals surface area contributed by atoms with E-state index in [0.717, 1.165) is 22.9 Å². The number of H-pyrrole nitrogens is 1. The predicted molar refractivity (Wildman–Crippen MR) is 122 cm³/mol. The summed E-state index contributed by atoms with van der Waals surface area (Å²) in [6.07, 6.45) is 4.28. The number of aromatic amines is 1. The fraction of sp³-hybridized carbons (Fsp3) is 0.208. The molecule has 0 radical (unpaired) electrons. The quantitative estimate of drug-likeness (QED) is 0.413. The van der Waals surface area contributed by atoms with Crippen LogP contribution in [0.1, 0.15) is 16.8 Å². The maximum absolute atomic E-state index is 12.8. The molecule has 2 heterocycles. The van der Waals surface area contributed by atoms with Gasteiger partial charge >= 0.3 is 0 Å². The summed E-state index contributed by atoms with van der Waals surface area (Å²) < 4.78 is 1.45. The molecule has 0 unspecified atom stereocenters. The lowest BCUT2D eigenvalue weighted by molar-refractivity contribution is -0.121. The summed E-state index contributed by atoms with van der Waals surface area (Å²) >= 11 is 0. The molecule has 0 aliphatic rings. The van der Waals surface area contributed by atoms with Crippen LogP contribution in [0.2, 0.25) is 0 Å². The summed E-state index contributed by atoms with van der Waals surface area (Å²) in [7, 11) is 0. The van der Waals surface area contributed by atoms with E-state index >= 15 is 0 Å². The number of fused-ring (bicyclic) bond motifs is 1. The van der Waals surface area contributed by atoms with Gasteiger partial charge < -0.3 is 15.6 Å². The Morgan fingerprint density at radius 2 is 1.94 bits per heavy atom. The minimum atomic E-state index is -0.294. The molecule has 0 bridgehead atoms. The van der Waals surface area contributed by atoms with Crippen LogP contribution >= 0.6 is 0 Å². The molecule has 0 aliphatic carbocycles. The minimum Gasteiger partial charge on any atom is -0.365 e. The van der Waals surface area contributed by atoms with Gasteiger partial charge in [0, 0.05) is 36.7 Å². The third kappa shape index (κ3) is 5.01. The van der Waals surface area contributed by atoms with Crippen LogP contribution in [0, 0.1) is 6.92 Å². The van der Waals surface area contributed by atoms with Crippen molar-refractivity contribution in [2.75, 3.05) is 11.9 Å². The predicted octanol–water partition coefficient (Wildman–Crippen LogP) is 3.00. The van der Waals surface area contributed by atoms with Crippen LogP contribution in [-0.2, 0) is 24.3 Å². The number of benzene rings is 2. The lowest BCUT2D eigenvalue weighted by atomic mass is 10.1. The van der Waals surface area contributed by atoms with Gasteiger partial charge in [0.25, 0.3) is 5.56 Å². The third-order valence-corrected chi connectivity index (χ3v) is 5.21. The van der Waals surface area contributed by atoms with E-state index in [-0.39, 0.29) is 23.8 Å². The molecule has 31 heavy (non-hydrogen) atoms. The van der Waals surface area contributed by atoms with Gasteiger partial charge in [0.1, 0.15) is 6.54 Å². The standard InChI is InChI=1S/C24H25N5O2/c1-17-14-28-23(26-11-9-18-5-3-2-4-6-18)24(31)29(17)16-22(30)27-15-19-7-8-21-20(13-19)10-12-25-21/h2-8,10,12-14,25H,9,11,15-16H2,1H3,(H,26,28)(H,27,30). The molecule has 0 atom stereocenters. The van der Waals surface area contributed by atoms with E-state index in [1.807, 2.05) is 60.8 Å². The molecule has 1 amide bonds. The molecule has 3 N–H and O–H groups in total. The van der Waals surface area contributed by atoms with E-state index in [1.54, 1.807) is 13.1 Å². The summed E-state index contributed by atoms with van der Waals surface area (Å²) in [4.78, 5) is 32.7. The minimum absolute atomic E-state index is 0.0487. The number of aromatic nitrogens is 3. The van der Waals surface area contributed by atoms with Gasteiger partial charge in [-0.15, -0.1) is 0 Å². The van der Waals surface area contributed by atoms with Gasteiger partial charge in [0.15, 0.2) is 5.82 Å². The molecule has 0 spiro atoms. The van der Waals surface area contributed by atoms with Gasteiger partial charge in [-0.2, -0.15) is 0 Å². The average Bonchev–Trinajstić information content (AvgIpc) is 3.25. The van der Waals surface area contributed by atoms with Crippen molar-refractivity contribution in [3.05, 3.63) is 94.2 Å². The molecule has 0 fully saturated rings. The van der Waals surface area contributed by atoms with Crippen molar-refractivity contribution in [1.29, 1.82) is 0 Å². The van der Waals surface area contributed by atoms with Gasteiger partial charge in [-0.05, 0) is 48.1 Å². The van der Waals surface area contributed by atoms with E-state index < -0.39 is 0 Å². The maximum atomic E-state index is 12.8. The second-order valence-corrected chi connectivity index (χ2v) is 7.48. The highest BCUT2D eigenvalue weighted by Crippen LogP contribution is 2.14. The Morgan fingerprint density at radius 3 is 2.77 bits per heavy atom. The average molecular weight is 415 g/mol. The van der Waals surface area contributed by atoms with Gasteiger partial charge in [-0.1, -0.05) is 36.4 Å². The topological polar surface area (TPSA) is 91.8 Å². The first kappa shape index (κ1) is 20.4. The zero-order valence-corrected chi connectivity index (χ0v) is 17.4. The van der Waals surface area contributed by atoms with Crippen LogP contribution in [0.25, 0.3) is 10.9 Å². The van der Waals surface area contributed by atoms with E-state index in [9.17, 15) is 9.59 Å². The molecule has 2 aromatic heterocycles.